The Kier molecular flexibility index (Phi) is 3.78. The topological polar surface area (TPSA) is 35.5 Å². The monoisotopic (exact) mass is 332 g/mol. The van der Waals surface area contributed by atoms with Crippen molar-refractivity contribution in [2.24, 2.45) is 22.2 Å². The van der Waals surface area contributed by atoms with E-state index in [9.17, 15) is 4.79 Å². The number of hydrogen-bond donors (Lipinski definition) is 0. The molecule has 0 aromatic rings. The molecule has 3 aliphatic carbocycles. The zero-order valence-electron chi connectivity index (χ0n) is 15.5. The van der Waals surface area contributed by atoms with Crippen molar-refractivity contribution in [2.75, 3.05) is 13.2 Å². The van der Waals surface area contributed by atoms with Crippen LogP contribution in [0.4, 0.5) is 0 Å². The Labute approximate surface area is 146 Å². The van der Waals surface area contributed by atoms with Gasteiger partial charge in [-0.3, -0.25) is 0 Å². The van der Waals surface area contributed by atoms with E-state index in [1.54, 1.807) is 5.57 Å². The molecule has 1 saturated heterocycles. The maximum atomic E-state index is 11.5. The molecule has 1 heterocycles. The van der Waals surface area contributed by atoms with Crippen LogP contribution in [0.15, 0.2) is 11.6 Å². The number of ether oxygens (including phenoxy) is 2. The molecule has 3 nitrogen and oxygen atoms in total. The fourth-order valence-electron chi connectivity index (χ4n) is 6.99. The second-order valence-corrected chi connectivity index (χ2v) is 9.34. The molecule has 3 fully saturated rings. The Morgan fingerprint density at radius 2 is 1.88 bits per heavy atom. The minimum atomic E-state index is -0.392. The van der Waals surface area contributed by atoms with Crippen LogP contribution in [0.3, 0.4) is 0 Å². The third-order valence-corrected chi connectivity index (χ3v) is 8.13. The van der Waals surface area contributed by atoms with Gasteiger partial charge in [0, 0.05) is 18.3 Å². The molecule has 0 unspecified atom stereocenters. The molecular weight excluding hydrogens is 300 g/mol. The molecule has 0 aromatic carbocycles. The SMILES string of the molecule is CC1(C)[C@@H]2CC[C@@]3(CC=O)CCCC=C3[C@@]2(C)CCC12OCCO2. The lowest BCUT2D eigenvalue weighted by molar-refractivity contribution is -0.285. The zero-order chi connectivity index (χ0) is 17.1. The van der Waals surface area contributed by atoms with Crippen LogP contribution in [-0.4, -0.2) is 25.3 Å². The second-order valence-electron chi connectivity index (χ2n) is 9.34. The highest BCUT2D eigenvalue weighted by Crippen LogP contribution is 2.69. The van der Waals surface area contributed by atoms with Crippen molar-refractivity contribution < 1.29 is 14.3 Å². The summed E-state index contributed by atoms with van der Waals surface area (Å²) in [6, 6.07) is 0. The number of carbonyl (C=O) groups is 1. The molecule has 1 spiro atoms. The molecule has 0 amide bonds. The largest absolute Gasteiger partial charge is 0.347 e. The van der Waals surface area contributed by atoms with Crippen molar-refractivity contribution in [3.63, 3.8) is 0 Å². The third kappa shape index (κ3) is 2.00. The molecule has 0 bridgehead atoms. The van der Waals surface area contributed by atoms with E-state index < -0.39 is 5.79 Å². The highest BCUT2D eigenvalue weighted by molar-refractivity contribution is 5.53. The van der Waals surface area contributed by atoms with E-state index >= 15 is 0 Å². The van der Waals surface area contributed by atoms with Gasteiger partial charge in [0.1, 0.15) is 6.29 Å². The van der Waals surface area contributed by atoms with Gasteiger partial charge in [-0.05, 0) is 55.3 Å². The van der Waals surface area contributed by atoms with Crippen LogP contribution < -0.4 is 0 Å². The second kappa shape index (κ2) is 5.41. The summed E-state index contributed by atoms with van der Waals surface area (Å²) in [6.07, 6.45) is 12.4. The van der Waals surface area contributed by atoms with Crippen LogP contribution in [0.2, 0.25) is 0 Å². The Bertz CT molecular complexity index is 557. The van der Waals surface area contributed by atoms with Crippen molar-refractivity contribution in [2.45, 2.75) is 77.9 Å². The minimum Gasteiger partial charge on any atom is -0.347 e. The summed E-state index contributed by atoms with van der Waals surface area (Å²) in [5.41, 5.74) is 1.93. The van der Waals surface area contributed by atoms with Gasteiger partial charge in [-0.25, -0.2) is 0 Å². The number of rotatable bonds is 2. The van der Waals surface area contributed by atoms with Gasteiger partial charge in [0.05, 0.1) is 13.2 Å². The smallest absolute Gasteiger partial charge is 0.173 e. The lowest BCUT2D eigenvalue weighted by Crippen LogP contribution is -2.62. The van der Waals surface area contributed by atoms with E-state index in [1.165, 1.54) is 32.0 Å². The van der Waals surface area contributed by atoms with Crippen molar-refractivity contribution in [1.82, 2.24) is 0 Å². The summed E-state index contributed by atoms with van der Waals surface area (Å²) in [5.74, 6) is 0.165. The van der Waals surface area contributed by atoms with Crippen molar-refractivity contribution in [1.29, 1.82) is 0 Å². The third-order valence-electron chi connectivity index (χ3n) is 8.13. The molecule has 0 radical (unpaired) electrons. The van der Waals surface area contributed by atoms with Crippen LogP contribution in [0, 0.1) is 22.2 Å². The fourth-order valence-corrected chi connectivity index (χ4v) is 6.99. The number of carbonyl (C=O) groups excluding carboxylic acids is 1. The van der Waals surface area contributed by atoms with Crippen molar-refractivity contribution in [3.05, 3.63) is 11.6 Å². The van der Waals surface area contributed by atoms with Gasteiger partial charge >= 0.3 is 0 Å². The van der Waals surface area contributed by atoms with Gasteiger partial charge in [-0.2, -0.15) is 0 Å². The van der Waals surface area contributed by atoms with E-state index in [2.05, 4.69) is 26.8 Å². The zero-order valence-corrected chi connectivity index (χ0v) is 15.5. The summed E-state index contributed by atoms with van der Waals surface area (Å²) < 4.78 is 12.4. The average molecular weight is 332 g/mol. The molecule has 3 atom stereocenters. The Morgan fingerprint density at radius 3 is 2.58 bits per heavy atom. The highest BCUT2D eigenvalue weighted by Gasteiger charge is 2.65. The molecule has 1 aliphatic heterocycles. The Hall–Kier alpha value is -0.670. The van der Waals surface area contributed by atoms with Gasteiger partial charge in [0.25, 0.3) is 0 Å². The van der Waals surface area contributed by atoms with Crippen LogP contribution in [0.25, 0.3) is 0 Å². The van der Waals surface area contributed by atoms with Crippen LogP contribution >= 0.6 is 0 Å². The predicted molar refractivity (Wildman–Crippen MR) is 93.5 cm³/mol. The summed E-state index contributed by atoms with van der Waals surface area (Å²) >= 11 is 0. The molecule has 4 rings (SSSR count). The first-order chi connectivity index (χ1) is 11.4. The van der Waals surface area contributed by atoms with E-state index in [4.69, 9.17) is 9.47 Å². The minimum absolute atomic E-state index is 0.00211. The maximum Gasteiger partial charge on any atom is 0.173 e. The Morgan fingerprint density at radius 1 is 1.12 bits per heavy atom. The van der Waals surface area contributed by atoms with Crippen LogP contribution in [0.1, 0.15) is 72.1 Å². The van der Waals surface area contributed by atoms with Crippen molar-refractivity contribution in [3.8, 4) is 0 Å². The van der Waals surface area contributed by atoms with Gasteiger partial charge in [0.2, 0.25) is 0 Å². The molecule has 3 heteroatoms. The molecule has 134 valence electrons. The lowest BCUT2D eigenvalue weighted by atomic mass is 9.42. The number of aldehydes is 1. The first-order valence-corrected chi connectivity index (χ1v) is 9.83. The lowest BCUT2D eigenvalue weighted by Gasteiger charge is -2.64. The molecule has 24 heavy (non-hydrogen) atoms. The van der Waals surface area contributed by atoms with E-state index in [-0.39, 0.29) is 16.2 Å². The standard InChI is InChI=1S/C21H32O3/c1-18(2)16-7-9-20(12-13-22)8-5-4-6-17(20)19(16,3)10-11-21(18)23-14-15-24-21/h6,13,16H,4-5,7-12,14-15H2,1-3H3/t16-,19-,20+/m0/s1. The first-order valence-electron chi connectivity index (χ1n) is 9.83. The van der Waals surface area contributed by atoms with Gasteiger partial charge in [-0.1, -0.05) is 32.4 Å². The van der Waals surface area contributed by atoms with E-state index in [0.717, 1.165) is 32.5 Å². The normalized spacial score (nSPS) is 43.0. The summed E-state index contributed by atoms with van der Waals surface area (Å²) in [4.78, 5) is 11.5. The van der Waals surface area contributed by atoms with Gasteiger partial charge < -0.3 is 14.3 Å². The molecule has 0 N–H and O–H groups in total. The Balaban J connectivity index is 1.76. The average Bonchev–Trinajstić information content (AvgIpc) is 3.03. The summed E-state index contributed by atoms with van der Waals surface area (Å²) in [7, 11) is 0. The van der Waals surface area contributed by atoms with E-state index in [0.29, 0.717) is 12.3 Å². The fraction of sp³-hybridized carbons (Fsp3) is 0.857. The molecule has 2 saturated carbocycles. The number of allylic oxidation sites excluding steroid dienone is 2. The van der Waals surface area contributed by atoms with Gasteiger partial charge in [0.15, 0.2) is 5.79 Å². The first kappa shape index (κ1) is 16.8. The number of fused-ring (bicyclic) bond motifs is 3. The van der Waals surface area contributed by atoms with Gasteiger partial charge in [-0.15, -0.1) is 0 Å². The molecule has 4 aliphatic rings. The quantitative estimate of drug-likeness (QED) is 0.545. The summed E-state index contributed by atoms with van der Waals surface area (Å²) in [6.45, 7) is 8.64. The predicted octanol–water partition coefficient (Wildman–Crippen LogP) is 4.65. The van der Waals surface area contributed by atoms with Crippen LogP contribution in [0.5, 0.6) is 0 Å². The van der Waals surface area contributed by atoms with Crippen molar-refractivity contribution >= 4 is 6.29 Å². The number of hydrogen-bond acceptors (Lipinski definition) is 3. The highest BCUT2D eigenvalue weighted by atomic mass is 16.7. The molecule has 0 aromatic heterocycles. The molecular formula is C21H32O3. The maximum absolute atomic E-state index is 11.5. The van der Waals surface area contributed by atoms with Crippen LogP contribution in [-0.2, 0) is 14.3 Å². The van der Waals surface area contributed by atoms with E-state index in [1.807, 2.05) is 0 Å². The summed E-state index contributed by atoms with van der Waals surface area (Å²) in [5, 5.41) is 0.